The van der Waals surface area contributed by atoms with Crippen LogP contribution in [0.5, 0.6) is 0 Å². The number of aliphatic hydroxyl groups is 1. The molecule has 1 aliphatic carbocycles. The van der Waals surface area contributed by atoms with Gasteiger partial charge in [-0.2, -0.15) is 0 Å². The van der Waals surface area contributed by atoms with Gasteiger partial charge in [-0.1, -0.05) is 56.5 Å². The van der Waals surface area contributed by atoms with Crippen LogP contribution >= 0.6 is 0 Å². The standard InChI is InChI=1S/C23H36N2O2/c1-3-19-15-25(23(27)20-11-7-8-12-20)22(17-26)21(19)16-24(2)14-13-18-9-5-4-6-10-18/h4-6,9-10,19-22,26H,3,7-8,11-17H2,1-2H3/t19-,21-,22-/m1/s1. The van der Waals surface area contributed by atoms with Crippen molar-refractivity contribution in [2.24, 2.45) is 17.8 Å². The molecular weight excluding hydrogens is 336 g/mol. The average molecular weight is 373 g/mol. The molecule has 4 heteroatoms. The highest BCUT2D eigenvalue weighted by molar-refractivity contribution is 5.79. The molecule has 1 saturated heterocycles. The number of rotatable bonds is 8. The van der Waals surface area contributed by atoms with Crippen molar-refractivity contribution in [2.45, 2.75) is 51.5 Å². The maximum absolute atomic E-state index is 13.0. The van der Waals surface area contributed by atoms with Crippen LogP contribution in [-0.4, -0.2) is 60.1 Å². The molecule has 3 rings (SSSR count). The molecule has 0 radical (unpaired) electrons. The van der Waals surface area contributed by atoms with E-state index in [4.69, 9.17) is 0 Å². The molecule has 2 fully saturated rings. The lowest BCUT2D eigenvalue weighted by Gasteiger charge is -2.31. The normalized spacial score (nSPS) is 26.2. The number of likely N-dealkylation sites (N-methyl/N-ethyl adjacent to an activating group) is 1. The first-order chi connectivity index (χ1) is 13.1. The van der Waals surface area contributed by atoms with E-state index in [0.717, 1.165) is 45.3 Å². The number of hydrogen-bond donors (Lipinski definition) is 1. The van der Waals surface area contributed by atoms with Crippen molar-refractivity contribution < 1.29 is 9.90 Å². The smallest absolute Gasteiger partial charge is 0.226 e. The maximum atomic E-state index is 13.0. The summed E-state index contributed by atoms with van der Waals surface area (Å²) in [5.41, 5.74) is 1.36. The molecule has 1 N–H and O–H groups in total. The zero-order valence-corrected chi connectivity index (χ0v) is 17.0. The molecule has 27 heavy (non-hydrogen) atoms. The Balaban J connectivity index is 1.60. The van der Waals surface area contributed by atoms with Crippen LogP contribution in [0.1, 0.15) is 44.6 Å². The third kappa shape index (κ3) is 4.91. The van der Waals surface area contributed by atoms with Crippen LogP contribution in [0.4, 0.5) is 0 Å². The van der Waals surface area contributed by atoms with E-state index in [-0.39, 0.29) is 18.6 Å². The highest BCUT2D eigenvalue weighted by Crippen LogP contribution is 2.36. The van der Waals surface area contributed by atoms with Crippen LogP contribution in [0.15, 0.2) is 30.3 Å². The van der Waals surface area contributed by atoms with E-state index in [0.29, 0.717) is 17.7 Å². The Morgan fingerprint density at radius 3 is 2.56 bits per heavy atom. The maximum Gasteiger partial charge on any atom is 0.226 e. The minimum atomic E-state index is -0.0118. The van der Waals surface area contributed by atoms with Crippen molar-refractivity contribution in [3.63, 3.8) is 0 Å². The molecule has 0 aromatic heterocycles. The van der Waals surface area contributed by atoms with Gasteiger partial charge in [0.25, 0.3) is 0 Å². The van der Waals surface area contributed by atoms with Gasteiger partial charge in [0.15, 0.2) is 0 Å². The van der Waals surface area contributed by atoms with Gasteiger partial charge in [0.05, 0.1) is 12.6 Å². The predicted octanol–water partition coefficient (Wildman–Crippen LogP) is 3.20. The van der Waals surface area contributed by atoms with Crippen LogP contribution in [0.3, 0.4) is 0 Å². The number of amides is 1. The van der Waals surface area contributed by atoms with E-state index in [2.05, 4.69) is 49.2 Å². The van der Waals surface area contributed by atoms with Gasteiger partial charge in [0.1, 0.15) is 0 Å². The molecule has 150 valence electrons. The summed E-state index contributed by atoms with van der Waals surface area (Å²) in [5.74, 6) is 1.36. The number of carbonyl (C=O) groups excluding carboxylic acids is 1. The molecule has 1 heterocycles. The molecule has 1 aromatic carbocycles. The summed E-state index contributed by atoms with van der Waals surface area (Å²) in [6.07, 6.45) is 6.53. The summed E-state index contributed by atoms with van der Waals surface area (Å²) in [7, 11) is 2.17. The van der Waals surface area contributed by atoms with E-state index in [1.54, 1.807) is 0 Å². The van der Waals surface area contributed by atoms with Gasteiger partial charge >= 0.3 is 0 Å². The molecule has 2 aliphatic rings. The largest absolute Gasteiger partial charge is 0.394 e. The van der Waals surface area contributed by atoms with Crippen molar-refractivity contribution in [3.05, 3.63) is 35.9 Å². The molecule has 1 saturated carbocycles. The molecule has 0 unspecified atom stereocenters. The fraction of sp³-hybridized carbons (Fsp3) is 0.696. The summed E-state index contributed by atoms with van der Waals surface area (Å²) in [5, 5.41) is 10.1. The minimum Gasteiger partial charge on any atom is -0.394 e. The molecule has 0 bridgehead atoms. The highest BCUT2D eigenvalue weighted by Gasteiger charge is 2.44. The van der Waals surface area contributed by atoms with Gasteiger partial charge in [-0.25, -0.2) is 0 Å². The zero-order chi connectivity index (χ0) is 19.2. The van der Waals surface area contributed by atoms with Gasteiger partial charge in [-0.3, -0.25) is 4.79 Å². The first-order valence-electron chi connectivity index (χ1n) is 10.8. The Morgan fingerprint density at radius 1 is 1.22 bits per heavy atom. The summed E-state index contributed by atoms with van der Waals surface area (Å²) >= 11 is 0. The van der Waals surface area contributed by atoms with Crippen LogP contribution < -0.4 is 0 Å². The highest BCUT2D eigenvalue weighted by atomic mass is 16.3. The summed E-state index contributed by atoms with van der Waals surface area (Å²) in [6.45, 7) is 5.09. The van der Waals surface area contributed by atoms with E-state index in [9.17, 15) is 9.90 Å². The Bertz CT molecular complexity index is 585. The van der Waals surface area contributed by atoms with Gasteiger partial charge in [-0.05, 0) is 43.7 Å². The number of aliphatic hydroxyl groups excluding tert-OH is 1. The van der Waals surface area contributed by atoms with Gasteiger partial charge in [0.2, 0.25) is 5.91 Å². The summed E-state index contributed by atoms with van der Waals surface area (Å²) in [6, 6.07) is 10.6. The lowest BCUT2D eigenvalue weighted by Crippen LogP contribution is -2.45. The predicted molar refractivity (Wildman–Crippen MR) is 109 cm³/mol. The van der Waals surface area contributed by atoms with Crippen molar-refractivity contribution >= 4 is 5.91 Å². The van der Waals surface area contributed by atoms with Crippen molar-refractivity contribution in [2.75, 3.05) is 33.3 Å². The van der Waals surface area contributed by atoms with Crippen molar-refractivity contribution in [3.8, 4) is 0 Å². The third-order valence-electron chi connectivity index (χ3n) is 6.78. The third-order valence-corrected chi connectivity index (χ3v) is 6.78. The summed E-state index contributed by atoms with van der Waals surface area (Å²) < 4.78 is 0. The minimum absolute atomic E-state index is 0.0118. The molecule has 1 aromatic rings. The molecule has 0 spiro atoms. The van der Waals surface area contributed by atoms with E-state index >= 15 is 0 Å². The number of nitrogens with zero attached hydrogens (tertiary/aromatic N) is 2. The Kier molecular flexibility index (Phi) is 7.31. The number of carbonyl (C=O) groups is 1. The topological polar surface area (TPSA) is 43.8 Å². The first-order valence-corrected chi connectivity index (χ1v) is 10.8. The van der Waals surface area contributed by atoms with Crippen LogP contribution in [0, 0.1) is 17.8 Å². The Hall–Kier alpha value is -1.39. The fourth-order valence-electron chi connectivity index (χ4n) is 5.08. The zero-order valence-electron chi connectivity index (χ0n) is 17.0. The molecule has 4 nitrogen and oxygen atoms in total. The molecular formula is C23H36N2O2. The number of hydrogen-bond acceptors (Lipinski definition) is 3. The second-order valence-corrected chi connectivity index (χ2v) is 8.55. The van der Waals surface area contributed by atoms with E-state index < -0.39 is 0 Å². The quantitative estimate of drug-likeness (QED) is 0.762. The Labute approximate surface area is 164 Å². The second kappa shape index (κ2) is 9.70. The SMILES string of the molecule is CC[C@@H]1CN(C(=O)C2CCCC2)[C@H](CO)[C@@H]1CN(C)CCc1ccccc1. The fourth-order valence-corrected chi connectivity index (χ4v) is 5.08. The van der Waals surface area contributed by atoms with Gasteiger partial charge in [-0.15, -0.1) is 0 Å². The summed E-state index contributed by atoms with van der Waals surface area (Å²) in [4.78, 5) is 17.4. The van der Waals surface area contributed by atoms with Crippen LogP contribution in [-0.2, 0) is 11.2 Å². The van der Waals surface area contributed by atoms with Gasteiger partial charge < -0.3 is 14.9 Å². The molecule has 1 amide bonds. The lowest BCUT2D eigenvalue weighted by molar-refractivity contribution is -0.137. The first kappa shape index (κ1) is 20.3. The number of benzene rings is 1. The lowest BCUT2D eigenvalue weighted by atomic mass is 9.88. The van der Waals surface area contributed by atoms with Gasteiger partial charge in [0, 0.05) is 25.6 Å². The average Bonchev–Trinajstić information content (AvgIpc) is 3.34. The van der Waals surface area contributed by atoms with Crippen LogP contribution in [0.25, 0.3) is 0 Å². The monoisotopic (exact) mass is 372 g/mol. The van der Waals surface area contributed by atoms with E-state index in [1.807, 2.05) is 4.90 Å². The van der Waals surface area contributed by atoms with E-state index in [1.165, 1.54) is 18.4 Å². The molecule has 1 aliphatic heterocycles. The van der Waals surface area contributed by atoms with Crippen molar-refractivity contribution in [1.29, 1.82) is 0 Å². The second-order valence-electron chi connectivity index (χ2n) is 8.55. The number of likely N-dealkylation sites (tertiary alicyclic amines) is 1. The molecule has 3 atom stereocenters. The van der Waals surface area contributed by atoms with Crippen LogP contribution in [0.2, 0.25) is 0 Å². The van der Waals surface area contributed by atoms with Crippen molar-refractivity contribution in [1.82, 2.24) is 9.80 Å². The Morgan fingerprint density at radius 2 is 1.93 bits per heavy atom.